The van der Waals surface area contributed by atoms with Crippen LogP contribution in [0.1, 0.15) is 37.8 Å². The Morgan fingerprint density at radius 3 is 2.30 bits per heavy atom. The van der Waals surface area contributed by atoms with E-state index in [1.165, 1.54) is 0 Å². The van der Waals surface area contributed by atoms with Gasteiger partial charge in [0, 0.05) is 13.1 Å². The first-order valence-corrected chi connectivity index (χ1v) is 6.83. The number of carbonyl (C=O) groups excluding carboxylic acids is 1. The molecule has 1 unspecified atom stereocenters. The van der Waals surface area contributed by atoms with E-state index in [2.05, 4.69) is 5.32 Å². The highest BCUT2D eigenvalue weighted by Gasteiger charge is 2.36. The maximum absolute atomic E-state index is 12.3. The Morgan fingerprint density at radius 2 is 1.85 bits per heavy atom. The number of hydrogen-bond acceptors (Lipinski definition) is 2. The van der Waals surface area contributed by atoms with Gasteiger partial charge in [-0.15, -0.1) is 0 Å². The zero-order valence-corrected chi connectivity index (χ0v) is 11.8. The van der Waals surface area contributed by atoms with Gasteiger partial charge < -0.3 is 15.3 Å². The number of carbonyl (C=O) groups is 2. The first-order valence-electron chi connectivity index (χ1n) is 6.83. The van der Waals surface area contributed by atoms with Crippen LogP contribution >= 0.6 is 0 Å². The normalized spacial score (nSPS) is 16.4. The molecule has 5 heteroatoms. The predicted octanol–water partition coefficient (Wildman–Crippen LogP) is 2.36. The molecule has 0 bridgehead atoms. The zero-order valence-electron chi connectivity index (χ0n) is 11.8. The van der Waals surface area contributed by atoms with E-state index in [-0.39, 0.29) is 6.03 Å². The van der Waals surface area contributed by atoms with Crippen molar-refractivity contribution >= 4 is 12.0 Å². The van der Waals surface area contributed by atoms with Gasteiger partial charge in [-0.3, -0.25) is 0 Å². The fraction of sp³-hybridized carbons (Fsp3) is 0.467. The molecule has 0 radical (unpaired) electrons. The molecule has 2 rings (SSSR count). The van der Waals surface area contributed by atoms with E-state index < -0.39 is 11.5 Å². The van der Waals surface area contributed by atoms with Crippen LogP contribution in [0.25, 0.3) is 0 Å². The molecule has 0 fully saturated rings. The van der Waals surface area contributed by atoms with Gasteiger partial charge in [0.05, 0.1) is 0 Å². The highest BCUT2D eigenvalue weighted by molar-refractivity contribution is 5.86. The summed E-state index contributed by atoms with van der Waals surface area (Å²) in [5.41, 5.74) is 1.03. The van der Waals surface area contributed by atoms with Crippen LogP contribution in [0.15, 0.2) is 24.3 Å². The van der Waals surface area contributed by atoms with Crippen molar-refractivity contribution in [1.82, 2.24) is 10.2 Å². The second-order valence-electron chi connectivity index (χ2n) is 5.44. The first-order chi connectivity index (χ1) is 9.46. The highest BCUT2D eigenvalue weighted by atomic mass is 16.4. The van der Waals surface area contributed by atoms with E-state index in [0.717, 1.165) is 11.1 Å². The molecule has 1 heterocycles. The van der Waals surface area contributed by atoms with Crippen LogP contribution in [0.5, 0.6) is 0 Å². The Hall–Kier alpha value is -2.04. The van der Waals surface area contributed by atoms with Gasteiger partial charge in [0.25, 0.3) is 0 Å². The molecule has 2 amide bonds. The van der Waals surface area contributed by atoms with Crippen LogP contribution < -0.4 is 5.32 Å². The third-order valence-corrected chi connectivity index (χ3v) is 3.73. The average Bonchev–Trinajstić information content (AvgIpc) is 2.82. The van der Waals surface area contributed by atoms with Gasteiger partial charge in [0.1, 0.15) is 5.54 Å². The lowest BCUT2D eigenvalue weighted by Gasteiger charge is -2.28. The van der Waals surface area contributed by atoms with E-state index in [4.69, 9.17) is 0 Å². The summed E-state index contributed by atoms with van der Waals surface area (Å²) in [6.45, 7) is 4.52. The summed E-state index contributed by atoms with van der Waals surface area (Å²) in [6.07, 6.45) is 1.11. The topological polar surface area (TPSA) is 69.6 Å². The van der Waals surface area contributed by atoms with E-state index in [1.54, 1.807) is 11.8 Å². The zero-order chi connectivity index (χ0) is 14.8. The Morgan fingerprint density at radius 1 is 1.30 bits per heavy atom. The van der Waals surface area contributed by atoms with Crippen molar-refractivity contribution in [1.29, 1.82) is 0 Å². The van der Waals surface area contributed by atoms with Crippen molar-refractivity contribution in [3.63, 3.8) is 0 Å². The van der Waals surface area contributed by atoms with Gasteiger partial charge in [-0.1, -0.05) is 37.6 Å². The lowest BCUT2D eigenvalue weighted by Crippen LogP contribution is -2.55. The van der Waals surface area contributed by atoms with Gasteiger partial charge in [-0.2, -0.15) is 0 Å². The largest absolute Gasteiger partial charge is 0.480 e. The predicted molar refractivity (Wildman–Crippen MR) is 75.2 cm³/mol. The van der Waals surface area contributed by atoms with Crippen LogP contribution in [0.3, 0.4) is 0 Å². The minimum Gasteiger partial charge on any atom is -0.480 e. The summed E-state index contributed by atoms with van der Waals surface area (Å²) in [5, 5.41) is 12.0. The number of nitrogens with one attached hydrogen (secondary N) is 1. The quantitative estimate of drug-likeness (QED) is 0.887. The number of rotatable bonds is 4. The smallest absolute Gasteiger partial charge is 0.329 e. The average molecular weight is 276 g/mol. The molecule has 1 aromatic carbocycles. The number of fused-ring (bicyclic) bond motifs is 1. The molecule has 1 atom stereocenters. The SMILES string of the molecule is CCCC(C)(NC(=O)N1Cc2ccccc2C1)C(=O)O. The molecular weight excluding hydrogens is 256 g/mol. The summed E-state index contributed by atoms with van der Waals surface area (Å²) in [6, 6.07) is 7.55. The molecule has 2 N–H and O–H groups in total. The van der Waals surface area contributed by atoms with Gasteiger partial charge >= 0.3 is 12.0 Å². The molecule has 0 spiro atoms. The number of nitrogens with zero attached hydrogens (tertiary/aromatic N) is 1. The van der Waals surface area contributed by atoms with Crippen molar-refractivity contribution in [3.8, 4) is 0 Å². The summed E-state index contributed by atoms with van der Waals surface area (Å²) < 4.78 is 0. The fourth-order valence-electron chi connectivity index (χ4n) is 2.51. The van der Waals surface area contributed by atoms with Crippen LogP contribution in [0.2, 0.25) is 0 Å². The summed E-state index contributed by atoms with van der Waals surface area (Å²) in [7, 11) is 0. The van der Waals surface area contributed by atoms with Gasteiger partial charge in [-0.05, 0) is 24.5 Å². The van der Waals surface area contributed by atoms with Gasteiger partial charge in [0.2, 0.25) is 0 Å². The highest BCUT2D eigenvalue weighted by Crippen LogP contribution is 2.23. The molecule has 0 aromatic heterocycles. The molecule has 1 aliphatic rings. The van der Waals surface area contributed by atoms with Crippen LogP contribution in [-0.4, -0.2) is 27.5 Å². The number of hydrogen-bond donors (Lipinski definition) is 2. The van der Waals surface area contributed by atoms with E-state index >= 15 is 0 Å². The lowest BCUT2D eigenvalue weighted by molar-refractivity contribution is -0.144. The molecule has 1 aromatic rings. The van der Waals surface area contributed by atoms with Crippen LogP contribution in [-0.2, 0) is 17.9 Å². The molecule has 20 heavy (non-hydrogen) atoms. The second kappa shape index (κ2) is 5.53. The Balaban J connectivity index is 2.05. The van der Waals surface area contributed by atoms with Crippen LogP contribution in [0.4, 0.5) is 4.79 Å². The lowest BCUT2D eigenvalue weighted by atomic mass is 9.96. The van der Waals surface area contributed by atoms with Crippen molar-refractivity contribution in [3.05, 3.63) is 35.4 Å². The van der Waals surface area contributed by atoms with Gasteiger partial charge in [-0.25, -0.2) is 9.59 Å². The number of carboxylic acid groups (broad SMARTS) is 1. The number of aliphatic carboxylic acids is 1. The van der Waals surface area contributed by atoms with Crippen molar-refractivity contribution in [2.24, 2.45) is 0 Å². The monoisotopic (exact) mass is 276 g/mol. The Bertz CT molecular complexity index is 505. The maximum Gasteiger partial charge on any atom is 0.329 e. The number of amides is 2. The number of benzene rings is 1. The molecule has 0 aliphatic carbocycles. The standard InChI is InChI=1S/C15H20N2O3/c1-3-8-15(2,13(18)19)16-14(20)17-9-11-6-4-5-7-12(11)10-17/h4-7H,3,8-10H2,1-2H3,(H,16,20)(H,18,19). The second-order valence-corrected chi connectivity index (χ2v) is 5.44. The molecule has 5 nitrogen and oxygen atoms in total. The maximum atomic E-state index is 12.3. The fourth-order valence-corrected chi connectivity index (χ4v) is 2.51. The number of carboxylic acids is 1. The van der Waals surface area contributed by atoms with E-state index in [9.17, 15) is 14.7 Å². The molecule has 108 valence electrons. The number of urea groups is 1. The third kappa shape index (κ3) is 2.76. The Kier molecular flexibility index (Phi) is 3.97. The first kappa shape index (κ1) is 14.4. The molecule has 0 saturated heterocycles. The summed E-state index contributed by atoms with van der Waals surface area (Å²) in [5.74, 6) is -0.996. The van der Waals surface area contributed by atoms with Crippen LogP contribution in [0, 0.1) is 0 Å². The van der Waals surface area contributed by atoms with E-state index in [0.29, 0.717) is 25.9 Å². The summed E-state index contributed by atoms with van der Waals surface area (Å²) in [4.78, 5) is 25.2. The third-order valence-electron chi connectivity index (χ3n) is 3.73. The Labute approximate surface area is 118 Å². The molecular formula is C15H20N2O3. The molecule has 1 aliphatic heterocycles. The van der Waals surface area contributed by atoms with Crippen molar-refractivity contribution < 1.29 is 14.7 Å². The minimum absolute atomic E-state index is 0.320. The van der Waals surface area contributed by atoms with Crippen molar-refractivity contribution in [2.75, 3.05) is 0 Å². The minimum atomic E-state index is -1.21. The van der Waals surface area contributed by atoms with Crippen molar-refractivity contribution in [2.45, 2.75) is 45.3 Å². The molecule has 0 saturated carbocycles. The van der Waals surface area contributed by atoms with Gasteiger partial charge in [0.15, 0.2) is 0 Å². The summed E-state index contributed by atoms with van der Waals surface area (Å²) >= 11 is 0. The van der Waals surface area contributed by atoms with E-state index in [1.807, 2.05) is 31.2 Å².